The van der Waals surface area contributed by atoms with Gasteiger partial charge in [-0.3, -0.25) is 4.79 Å². The predicted octanol–water partition coefficient (Wildman–Crippen LogP) is 5.26. The van der Waals surface area contributed by atoms with Gasteiger partial charge in [0.15, 0.2) is 5.58 Å². The van der Waals surface area contributed by atoms with Gasteiger partial charge in [0.25, 0.3) is 5.22 Å². The molecule has 0 aliphatic carbocycles. The van der Waals surface area contributed by atoms with Crippen LogP contribution in [-0.4, -0.2) is 16.6 Å². The van der Waals surface area contributed by atoms with Crippen molar-refractivity contribution in [1.82, 2.24) is 4.98 Å². The molecule has 0 fully saturated rings. The number of anilines is 1. The normalized spacial score (nSPS) is 10.9. The summed E-state index contributed by atoms with van der Waals surface area (Å²) in [6.45, 7) is 0. The highest BCUT2D eigenvalue weighted by molar-refractivity contribution is 7.99. The Bertz CT molecular complexity index is 818. The Labute approximate surface area is 147 Å². The van der Waals surface area contributed by atoms with E-state index in [1.807, 2.05) is 24.3 Å². The maximum absolute atomic E-state index is 12.0. The van der Waals surface area contributed by atoms with E-state index < -0.39 is 0 Å². The number of rotatable bonds is 5. The summed E-state index contributed by atoms with van der Waals surface area (Å²) < 4.78 is 5.58. The van der Waals surface area contributed by atoms with Gasteiger partial charge in [-0.15, -0.1) is 0 Å². The zero-order chi connectivity index (χ0) is 16.2. The van der Waals surface area contributed by atoms with E-state index >= 15 is 0 Å². The van der Waals surface area contributed by atoms with Gasteiger partial charge in [0, 0.05) is 17.2 Å². The lowest BCUT2D eigenvalue weighted by Crippen LogP contribution is -2.12. The minimum atomic E-state index is -0.141. The predicted molar refractivity (Wildman–Crippen MR) is 94.4 cm³/mol. The summed E-state index contributed by atoms with van der Waals surface area (Å²) in [5.74, 6) is 0.411. The second kappa shape index (κ2) is 7.25. The van der Waals surface area contributed by atoms with E-state index in [9.17, 15) is 4.79 Å². The van der Waals surface area contributed by atoms with Gasteiger partial charge in [0.05, 0.1) is 10.7 Å². The molecule has 1 heterocycles. The van der Waals surface area contributed by atoms with E-state index in [2.05, 4.69) is 10.3 Å². The lowest BCUT2D eigenvalue weighted by atomic mass is 10.3. The van der Waals surface area contributed by atoms with Crippen molar-refractivity contribution in [2.45, 2.75) is 11.6 Å². The molecule has 0 aliphatic rings. The quantitative estimate of drug-likeness (QED) is 0.626. The maximum Gasteiger partial charge on any atom is 0.256 e. The fraction of sp³-hybridized carbons (Fsp3) is 0.125. The molecule has 3 rings (SSSR count). The van der Waals surface area contributed by atoms with Crippen molar-refractivity contribution >= 4 is 57.7 Å². The fourth-order valence-corrected chi connectivity index (χ4v) is 3.06. The van der Waals surface area contributed by atoms with Gasteiger partial charge >= 0.3 is 0 Å². The van der Waals surface area contributed by atoms with Crippen molar-refractivity contribution in [1.29, 1.82) is 0 Å². The van der Waals surface area contributed by atoms with Gasteiger partial charge in [-0.1, -0.05) is 47.1 Å². The number of carbonyl (C=O) groups is 1. The number of para-hydroxylation sites is 2. The number of hydrogen-bond acceptors (Lipinski definition) is 4. The van der Waals surface area contributed by atoms with Gasteiger partial charge in [-0.25, -0.2) is 4.98 Å². The first-order chi connectivity index (χ1) is 11.1. The summed E-state index contributed by atoms with van der Waals surface area (Å²) in [4.78, 5) is 16.3. The van der Waals surface area contributed by atoms with Crippen molar-refractivity contribution in [3.8, 4) is 0 Å². The molecule has 1 aromatic heterocycles. The molecule has 3 aromatic rings. The lowest BCUT2D eigenvalue weighted by Gasteiger charge is -2.07. The van der Waals surface area contributed by atoms with Crippen LogP contribution in [0.5, 0.6) is 0 Å². The fourth-order valence-electron chi connectivity index (χ4n) is 1.95. The third-order valence-corrected chi connectivity index (χ3v) is 4.43. The van der Waals surface area contributed by atoms with Crippen molar-refractivity contribution in [3.63, 3.8) is 0 Å². The number of benzene rings is 2. The highest BCUT2D eigenvalue weighted by Crippen LogP contribution is 2.26. The number of hydrogen-bond donors (Lipinski definition) is 1. The summed E-state index contributed by atoms with van der Waals surface area (Å²) in [6.07, 6.45) is 0.312. The minimum absolute atomic E-state index is 0.141. The van der Waals surface area contributed by atoms with Crippen LogP contribution in [0, 0.1) is 0 Å². The highest BCUT2D eigenvalue weighted by Gasteiger charge is 2.09. The molecule has 7 heteroatoms. The van der Waals surface area contributed by atoms with E-state index in [4.69, 9.17) is 27.6 Å². The van der Waals surface area contributed by atoms with Crippen LogP contribution in [0.15, 0.2) is 52.1 Å². The van der Waals surface area contributed by atoms with Gasteiger partial charge in [0.1, 0.15) is 5.52 Å². The SMILES string of the molecule is O=C(CCSc1nc2ccccc2o1)Nc1cc(Cl)ccc1Cl. The molecule has 4 nitrogen and oxygen atoms in total. The number of halogens is 2. The van der Waals surface area contributed by atoms with Crippen LogP contribution in [-0.2, 0) is 4.79 Å². The largest absolute Gasteiger partial charge is 0.431 e. The summed E-state index contributed by atoms with van der Waals surface area (Å²) in [5.41, 5.74) is 2.06. The van der Waals surface area contributed by atoms with Gasteiger partial charge in [0.2, 0.25) is 5.91 Å². The van der Waals surface area contributed by atoms with Crippen LogP contribution in [0.4, 0.5) is 5.69 Å². The van der Waals surface area contributed by atoms with E-state index in [0.29, 0.717) is 33.1 Å². The van der Waals surface area contributed by atoms with Crippen molar-refractivity contribution in [2.24, 2.45) is 0 Å². The Kier molecular flexibility index (Phi) is 5.10. The average Bonchev–Trinajstić information content (AvgIpc) is 2.93. The number of nitrogens with one attached hydrogen (secondary N) is 1. The molecule has 2 aromatic carbocycles. The molecule has 0 saturated carbocycles. The Morgan fingerprint density at radius 2 is 2.04 bits per heavy atom. The van der Waals surface area contributed by atoms with Crippen LogP contribution in [0.3, 0.4) is 0 Å². The summed E-state index contributed by atoms with van der Waals surface area (Å²) in [5, 5.41) is 4.27. The number of fused-ring (bicyclic) bond motifs is 1. The molecule has 23 heavy (non-hydrogen) atoms. The van der Waals surface area contributed by atoms with E-state index in [1.165, 1.54) is 11.8 Å². The second-order valence-corrected chi connectivity index (χ2v) is 6.61. The third kappa shape index (κ3) is 4.19. The molecule has 0 bridgehead atoms. The van der Waals surface area contributed by atoms with E-state index in [0.717, 1.165) is 11.1 Å². The zero-order valence-electron chi connectivity index (χ0n) is 11.9. The molecule has 0 atom stereocenters. The molecule has 1 amide bonds. The number of aromatic nitrogens is 1. The Balaban J connectivity index is 1.53. The minimum Gasteiger partial charge on any atom is -0.431 e. The molecular formula is C16H12Cl2N2O2S. The van der Waals surface area contributed by atoms with Crippen molar-refractivity contribution < 1.29 is 9.21 Å². The molecule has 0 unspecified atom stereocenters. The van der Waals surface area contributed by atoms with Crippen molar-refractivity contribution in [2.75, 3.05) is 11.1 Å². The summed E-state index contributed by atoms with van der Waals surface area (Å²) in [6, 6.07) is 12.5. The monoisotopic (exact) mass is 366 g/mol. The molecule has 1 N–H and O–H groups in total. The second-order valence-electron chi connectivity index (χ2n) is 4.72. The first kappa shape index (κ1) is 16.2. The lowest BCUT2D eigenvalue weighted by molar-refractivity contribution is -0.115. The van der Waals surface area contributed by atoms with Gasteiger partial charge in [-0.05, 0) is 30.3 Å². The number of nitrogens with zero attached hydrogens (tertiary/aromatic N) is 1. The third-order valence-electron chi connectivity index (χ3n) is 3.03. The molecule has 0 aliphatic heterocycles. The van der Waals surface area contributed by atoms with Crippen LogP contribution in [0.25, 0.3) is 11.1 Å². The number of carbonyl (C=O) groups excluding carboxylic acids is 1. The van der Waals surface area contributed by atoms with Crippen LogP contribution < -0.4 is 5.32 Å². The molecular weight excluding hydrogens is 355 g/mol. The van der Waals surface area contributed by atoms with Crippen LogP contribution >= 0.6 is 35.0 Å². The number of oxazole rings is 1. The Morgan fingerprint density at radius 1 is 1.22 bits per heavy atom. The van der Waals surface area contributed by atoms with Gasteiger partial charge in [-0.2, -0.15) is 0 Å². The van der Waals surface area contributed by atoms with Gasteiger partial charge < -0.3 is 9.73 Å². The zero-order valence-corrected chi connectivity index (χ0v) is 14.2. The van der Waals surface area contributed by atoms with Crippen LogP contribution in [0.2, 0.25) is 10.0 Å². The topological polar surface area (TPSA) is 55.1 Å². The van der Waals surface area contributed by atoms with E-state index in [1.54, 1.807) is 18.2 Å². The molecule has 0 radical (unpaired) electrons. The highest BCUT2D eigenvalue weighted by atomic mass is 35.5. The Hall–Kier alpha value is -1.69. The Morgan fingerprint density at radius 3 is 2.87 bits per heavy atom. The number of thioether (sulfide) groups is 1. The first-order valence-corrected chi connectivity index (χ1v) is 8.59. The molecule has 0 saturated heterocycles. The van der Waals surface area contributed by atoms with Crippen LogP contribution in [0.1, 0.15) is 6.42 Å². The van der Waals surface area contributed by atoms with E-state index in [-0.39, 0.29) is 5.91 Å². The van der Waals surface area contributed by atoms with Crippen molar-refractivity contribution in [3.05, 3.63) is 52.5 Å². The number of amides is 1. The maximum atomic E-state index is 12.0. The average molecular weight is 367 g/mol. The molecule has 118 valence electrons. The smallest absolute Gasteiger partial charge is 0.256 e. The molecule has 0 spiro atoms. The standard InChI is InChI=1S/C16H12Cl2N2O2S/c17-10-5-6-11(18)13(9-10)19-15(21)7-8-23-16-20-12-3-1-2-4-14(12)22-16/h1-6,9H,7-8H2,(H,19,21). The summed E-state index contributed by atoms with van der Waals surface area (Å²) in [7, 11) is 0. The summed E-state index contributed by atoms with van der Waals surface area (Å²) >= 11 is 13.3. The first-order valence-electron chi connectivity index (χ1n) is 6.85.